The summed E-state index contributed by atoms with van der Waals surface area (Å²) >= 11 is 0. The van der Waals surface area contributed by atoms with Crippen LogP contribution in [0.1, 0.15) is 48.4 Å². The summed E-state index contributed by atoms with van der Waals surface area (Å²) in [5, 5.41) is 22.6. The fourth-order valence-corrected chi connectivity index (χ4v) is 5.14. The molecule has 0 saturated heterocycles. The summed E-state index contributed by atoms with van der Waals surface area (Å²) in [5.41, 5.74) is -0.177. The van der Waals surface area contributed by atoms with Gasteiger partial charge in [0.1, 0.15) is 12.5 Å². The Morgan fingerprint density at radius 1 is 1.32 bits per heavy atom. The molecule has 3 aromatic rings. The molecule has 4 heterocycles. The molecule has 5 rings (SSSR count). The van der Waals surface area contributed by atoms with Gasteiger partial charge in [0.15, 0.2) is 5.60 Å². The third kappa shape index (κ3) is 2.93. The first-order chi connectivity index (χ1) is 16.2. The predicted molar refractivity (Wildman–Crippen MR) is 121 cm³/mol. The summed E-state index contributed by atoms with van der Waals surface area (Å²) < 4.78 is 12.1. The van der Waals surface area contributed by atoms with Crippen molar-refractivity contribution < 1.29 is 29.3 Å². The molecule has 0 radical (unpaired) electrons. The Labute approximate surface area is 194 Å². The van der Waals surface area contributed by atoms with Crippen LogP contribution in [0.4, 0.5) is 0 Å². The van der Waals surface area contributed by atoms with Crippen molar-refractivity contribution >= 4 is 22.8 Å². The van der Waals surface area contributed by atoms with Gasteiger partial charge in [0.2, 0.25) is 0 Å². The second-order valence-corrected chi connectivity index (χ2v) is 8.74. The van der Waals surface area contributed by atoms with Crippen molar-refractivity contribution in [2.75, 3.05) is 7.11 Å². The highest BCUT2D eigenvalue weighted by Crippen LogP contribution is 2.46. The zero-order valence-electron chi connectivity index (χ0n) is 19.0. The number of pyridine rings is 2. The fourth-order valence-electron chi connectivity index (χ4n) is 5.14. The minimum Gasteiger partial charge on any atom is -0.481 e. The quantitative estimate of drug-likeness (QED) is 0.431. The number of aliphatic carboxylic acids is 1. The molecular weight excluding hydrogens is 440 g/mol. The molecule has 0 spiro atoms. The number of carbonyl (C=O) groups excluding carboxylic acids is 1. The summed E-state index contributed by atoms with van der Waals surface area (Å²) in [6, 6.07) is 9.41. The molecule has 176 valence electrons. The van der Waals surface area contributed by atoms with E-state index in [0.29, 0.717) is 16.9 Å². The average Bonchev–Trinajstić information content (AvgIpc) is 3.20. The molecule has 2 unspecified atom stereocenters. The highest BCUT2D eigenvalue weighted by atomic mass is 16.6. The van der Waals surface area contributed by atoms with Crippen LogP contribution in [0.5, 0.6) is 0 Å². The third-order valence-electron chi connectivity index (χ3n) is 6.98. The molecule has 2 aliphatic rings. The van der Waals surface area contributed by atoms with Crippen molar-refractivity contribution in [1.29, 1.82) is 0 Å². The van der Waals surface area contributed by atoms with Crippen LogP contribution in [0.2, 0.25) is 0 Å². The van der Waals surface area contributed by atoms with Crippen molar-refractivity contribution in [2.24, 2.45) is 0 Å². The minimum absolute atomic E-state index is 0.00149. The van der Waals surface area contributed by atoms with Crippen molar-refractivity contribution in [3.05, 3.63) is 62.9 Å². The van der Waals surface area contributed by atoms with Crippen LogP contribution in [0, 0.1) is 0 Å². The lowest BCUT2D eigenvalue weighted by Gasteiger charge is -2.36. The highest BCUT2D eigenvalue weighted by Gasteiger charge is 2.50. The van der Waals surface area contributed by atoms with Crippen LogP contribution in [0.15, 0.2) is 35.1 Å². The number of aliphatic hydroxyl groups is 1. The fraction of sp³-hybridized carbons (Fsp3) is 0.360. The Morgan fingerprint density at radius 2 is 2.06 bits per heavy atom. The second kappa shape index (κ2) is 7.75. The van der Waals surface area contributed by atoms with Crippen LogP contribution >= 0.6 is 0 Å². The molecule has 2 aliphatic heterocycles. The zero-order valence-corrected chi connectivity index (χ0v) is 19.0. The molecule has 2 aromatic heterocycles. The highest BCUT2D eigenvalue weighted by molar-refractivity contribution is 5.91. The summed E-state index contributed by atoms with van der Waals surface area (Å²) in [6.07, 6.45) is -0.923. The number of aromatic nitrogens is 2. The van der Waals surface area contributed by atoms with Crippen LogP contribution in [0.25, 0.3) is 22.3 Å². The smallest absolute Gasteiger partial charge is 0.343 e. The number of carboxylic acid groups (broad SMARTS) is 1. The molecule has 0 fully saturated rings. The normalized spacial score (nSPS) is 20.3. The van der Waals surface area contributed by atoms with E-state index in [4.69, 9.17) is 14.5 Å². The van der Waals surface area contributed by atoms with Gasteiger partial charge in [-0.15, -0.1) is 0 Å². The Morgan fingerprint density at radius 3 is 2.74 bits per heavy atom. The zero-order chi connectivity index (χ0) is 24.4. The van der Waals surface area contributed by atoms with Gasteiger partial charge in [-0.05, 0) is 25.5 Å². The third-order valence-corrected chi connectivity index (χ3v) is 6.98. The van der Waals surface area contributed by atoms with Crippen LogP contribution in [0.3, 0.4) is 0 Å². The molecule has 1 aromatic carbocycles. The molecular formula is C25H24N2O7. The summed E-state index contributed by atoms with van der Waals surface area (Å²) in [6.45, 7) is 3.03. The maximum Gasteiger partial charge on any atom is 0.343 e. The molecule has 9 nitrogen and oxygen atoms in total. The van der Waals surface area contributed by atoms with E-state index >= 15 is 0 Å². The van der Waals surface area contributed by atoms with E-state index in [0.717, 1.165) is 10.9 Å². The summed E-state index contributed by atoms with van der Waals surface area (Å²) in [5.74, 6) is -3.39. The maximum atomic E-state index is 13.6. The molecule has 3 atom stereocenters. The van der Waals surface area contributed by atoms with Gasteiger partial charge < -0.3 is 24.3 Å². The van der Waals surface area contributed by atoms with Crippen molar-refractivity contribution in [3.8, 4) is 11.4 Å². The number of benzene rings is 1. The SMILES string of the molecule is CC[C@@]1(O)C(=O)OCc2c1c(C(C(=O)O)C(C)OC)c1n(c2=O)Cc2cc3ccccc3nc2-1. The van der Waals surface area contributed by atoms with Gasteiger partial charge in [-0.3, -0.25) is 9.59 Å². The number of carbonyl (C=O) groups is 2. The average molecular weight is 464 g/mol. The van der Waals surface area contributed by atoms with Crippen molar-refractivity contribution in [1.82, 2.24) is 9.55 Å². The molecule has 0 amide bonds. The Kier molecular flexibility index (Phi) is 5.07. The van der Waals surface area contributed by atoms with E-state index in [9.17, 15) is 24.6 Å². The lowest BCUT2D eigenvalue weighted by Crippen LogP contribution is -2.47. The Balaban J connectivity index is 1.96. The first-order valence-electron chi connectivity index (χ1n) is 11.1. The van der Waals surface area contributed by atoms with Gasteiger partial charge in [0, 0.05) is 29.2 Å². The Hall–Kier alpha value is -3.56. The number of rotatable bonds is 5. The first-order valence-corrected chi connectivity index (χ1v) is 11.1. The Bertz CT molecular complexity index is 1430. The number of hydrogen-bond donors (Lipinski definition) is 2. The number of carboxylic acids is 1. The molecule has 9 heteroatoms. The van der Waals surface area contributed by atoms with Gasteiger partial charge in [-0.1, -0.05) is 25.1 Å². The van der Waals surface area contributed by atoms with Gasteiger partial charge in [0.05, 0.1) is 35.1 Å². The molecule has 0 saturated carbocycles. The first kappa shape index (κ1) is 22.2. The number of ether oxygens (including phenoxy) is 2. The van der Waals surface area contributed by atoms with E-state index < -0.39 is 35.1 Å². The second-order valence-electron chi connectivity index (χ2n) is 8.74. The standard InChI is InChI=1S/C25H24N2O7/c1-4-25(32)19-15(11-34-24(25)31)22(28)27-10-14-9-13-7-5-6-8-16(13)26-20(14)21(27)18(19)17(23(29)30)12(2)33-3/h5-9,12,17,32H,4,10-11H2,1-3H3,(H,29,30)/t12?,17?,25-/m0/s1. The van der Waals surface area contributed by atoms with E-state index in [1.165, 1.54) is 11.7 Å². The number of para-hydroxylation sites is 1. The number of fused-ring (bicyclic) bond motifs is 5. The van der Waals surface area contributed by atoms with E-state index in [1.807, 2.05) is 30.3 Å². The van der Waals surface area contributed by atoms with E-state index in [2.05, 4.69) is 0 Å². The molecule has 34 heavy (non-hydrogen) atoms. The van der Waals surface area contributed by atoms with E-state index in [1.54, 1.807) is 13.8 Å². The number of nitrogens with zero attached hydrogens (tertiary/aromatic N) is 2. The number of cyclic esters (lactones) is 1. The van der Waals surface area contributed by atoms with Gasteiger partial charge >= 0.3 is 11.9 Å². The van der Waals surface area contributed by atoms with Gasteiger partial charge in [-0.2, -0.15) is 0 Å². The van der Waals surface area contributed by atoms with Crippen molar-refractivity contribution in [3.63, 3.8) is 0 Å². The number of hydrogen-bond acceptors (Lipinski definition) is 7. The molecule has 0 aliphatic carbocycles. The minimum atomic E-state index is -2.17. The summed E-state index contributed by atoms with van der Waals surface area (Å²) in [4.78, 5) is 43.7. The lowest BCUT2D eigenvalue weighted by molar-refractivity contribution is -0.172. The lowest BCUT2D eigenvalue weighted by atomic mass is 9.77. The predicted octanol–water partition coefficient (Wildman–Crippen LogP) is 2.28. The number of esters is 1. The van der Waals surface area contributed by atoms with Gasteiger partial charge in [0.25, 0.3) is 5.56 Å². The summed E-state index contributed by atoms with van der Waals surface area (Å²) in [7, 11) is 1.39. The van der Waals surface area contributed by atoms with Crippen molar-refractivity contribution in [2.45, 2.75) is 51.0 Å². The number of methoxy groups -OCH3 is 1. The van der Waals surface area contributed by atoms with Crippen LogP contribution in [-0.2, 0) is 37.8 Å². The van der Waals surface area contributed by atoms with Gasteiger partial charge in [-0.25, -0.2) is 9.78 Å². The largest absolute Gasteiger partial charge is 0.481 e. The monoisotopic (exact) mass is 464 g/mol. The topological polar surface area (TPSA) is 128 Å². The molecule has 2 N–H and O–H groups in total. The van der Waals surface area contributed by atoms with Crippen LogP contribution < -0.4 is 5.56 Å². The maximum absolute atomic E-state index is 13.6. The van der Waals surface area contributed by atoms with E-state index in [-0.39, 0.29) is 36.3 Å². The molecule has 0 bridgehead atoms. The van der Waals surface area contributed by atoms with Crippen LogP contribution in [-0.4, -0.2) is 44.9 Å².